The van der Waals surface area contributed by atoms with Gasteiger partial charge in [0.25, 0.3) is 0 Å². The molecule has 8 heteroatoms. The van der Waals surface area contributed by atoms with Gasteiger partial charge in [0.05, 0.1) is 0 Å². The van der Waals surface area contributed by atoms with E-state index in [0.29, 0.717) is 4.47 Å². The van der Waals surface area contributed by atoms with Crippen LogP contribution < -0.4 is 10.8 Å². The second-order valence-corrected chi connectivity index (χ2v) is 5.41. The fraction of sp³-hybridized carbons (Fsp3) is 0.400. The number of ether oxygens (including phenoxy) is 1. The molecule has 0 aromatic carbocycles. The van der Waals surface area contributed by atoms with Crippen LogP contribution in [-0.2, 0) is 4.74 Å². The molecular formula is C10H14BBrN2O4. The van der Waals surface area contributed by atoms with Crippen LogP contribution in [0.3, 0.4) is 0 Å². The average molecular weight is 317 g/mol. The van der Waals surface area contributed by atoms with Crippen LogP contribution in [0.2, 0.25) is 0 Å². The molecule has 0 fully saturated rings. The van der Waals surface area contributed by atoms with E-state index in [4.69, 9.17) is 4.74 Å². The number of amides is 1. The van der Waals surface area contributed by atoms with E-state index in [2.05, 4.69) is 26.2 Å². The Morgan fingerprint density at radius 3 is 2.61 bits per heavy atom. The fourth-order valence-electron chi connectivity index (χ4n) is 1.20. The van der Waals surface area contributed by atoms with E-state index in [1.54, 1.807) is 20.8 Å². The molecular weight excluding hydrogens is 303 g/mol. The molecule has 0 saturated heterocycles. The molecule has 1 aromatic heterocycles. The van der Waals surface area contributed by atoms with Crippen LogP contribution >= 0.6 is 15.9 Å². The first-order chi connectivity index (χ1) is 8.20. The van der Waals surface area contributed by atoms with Gasteiger partial charge in [0.1, 0.15) is 11.4 Å². The zero-order valence-electron chi connectivity index (χ0n) is 10.3. The van der Waals surface area contributed by atoms with Gasteiger partial charge in [-0.3, -0.25) is 5.32 Å². The summed E-state index contributed by atoms with van der Waals surface area (Å²) in [4.78, 5) is 15.4. The molecule has 0 atom stereocenters. The molecule has 1 aromatic rings. The van der Waals surface area contributed by atoms with E-state index in [-0.39, 0.29) is 11.3 Å². The molecule has 1 heterocycles. The third-order valence-electron chi connectivity index (χ3n) is 1.81. The van der Waals surface area contributed by atoms with E-state index < -0.39 is 18.8 Å². The van der Waals surface area contributed by atoms with Crippen molar-refractivity contribution in [1.29, 1.82) is 0 Å². The third-order valence-corrected chi connectivity index (χ3v) is 2.51. The Kier molecular flexibility index (Phi) is 4.72. The summed E-state index contributed by atoms with van der Waals surface area (Å²) >= 11 is 3.15. The van der Waals surface area contributed by atoms with Gasteiger partial charge in [0.2, 0.25) is 0 Å². The van der Waals surface area contributed by atoms with Crippen molar-refractivity contribution >= 4 is 40.4 Å². The number of halogens is 1. The van der Waals surface area contributed by atoms with Gasteiger partial charge < -0.3 is 14.8 Å². The summed E-state index contributed by atoms with van der Waals surface area (Å²) in [6, 6.07) is 1.54. The van der Waals surface area contributed by atoms with E-state index >= 15 is 0 Å². The number of pyridine rings is 1. The van der Waals surface area contributed by atoms with Crippen LogP contribution in [0.1, 0.15) is 20.8 Å². The molecule has 0 spiro atoms. The lowest BCUT2D eigenvalue weighted by atomic mass is 9.80. The minimum atomic E-state index is -1.75. The summed E-state index contributed by atoms with van der Waals surface area (Å²) in [7, 11) is -1.75. The van der Waals surface area contributed by atoms with Gasteiger partial charge in [-0.25, -0.2) is 9.78 Å². The number of aromatic nitrogens is 1. The molecule has 1 rings (SSSR count). The Hall–Kier alpha value is -1.12. The lowest BCUT2D eigenvalue weighted by Crippen LogP contribution is -2.36. The van der Waals surface area contributed by atoms with Gasteiger partial charge in [-0.1, -0.05) is 15.9 Å². The summed E-state index contributed by atoms with van der Waals surface area (Å²) < 4.78 is 5.48. The average Bonchev–Trinajstić information content (AvgIpc) is 2.13. The fourth-order valence-corrected chi connectivity index (χ4v) is 1.71. The quantitative estimate of drug-likeness (QED) is 0.704. The van der Waals surface area contributed by atoms with Crippen LogP contribution in [0.4, 0.5) is 10.6 Å². The normalized spacial score (nSPS) is 11.0. The topological polar surface area (TPSA) is 91.7 Å². The van der Waals surface area contributed by atoms with Crippen molar-refractivity contribution in [3.63, 3.8) is 0 Å². The highest BCUT2D eigenvalue weighted by molar-refractivity contribution is 9.10. The molecule has 18 heavy (non-hydrogen) atoms. The Labute approximate surface area is 114 Å². The lowest BCUT2D eigenvalue weighted by Gasteiger charge is -2.20. The molecule has 6 nitrogen and oxygen atoms in total. The van der Waals surface area contributed by atoms with E-state index in [1.807, 2.05) is 0 Å². The van der Waals surface area contributed by atoms with Crippen molar-refractivity contribution in [2.45, 2.75) is 26.4 Å². The highest BCUT2D eigenvalue weighted by Crippen LogP contribution is 2.13. The summed E-state index contributed by atoms with van der Waals surface area (Å²) in [5.74, 6) is 0.0358. The van der Waals surface area contributed by atoms with Crippen molar-refractivity contribution < 1.29 is 19.6 Å². The summed E-state index contributed by atoms with van der Waals surface area (Å²) in [5.41, 5.74) is -0.572. The molecule has 3 N–H and O–H groups in total. The monoisotopic (exact) mass is 316 g/mol. The molecule has 0 aliphatic heterocycles. The number of carbonyl (C=O) groups is 1. The SMILES string of the molecule is CC(C)(C)OC(=O)Nc1nccc(Br)c1B(O)O. The number of nitrogens with one attached hydrogen (secondary N) is 1. The predicted octanol–water partition coefficient (Wildman–Crippen LogP) is 0.871. The van der Waals surface area contributed by atoms with Crippen molar-refractivity contribution in [3.8, 4) is 0 Å². The second-order valence-electron chi connectivity index (χ2n) is 4.56. The maximum atomic E-state index is 11.6. The Morgan fingerprint density at radius 1 is 1.50 bits per heavy atom. The van der Waals surface area contributed by atoms with E-state index in [0.717, 1.165) is 0 Å². The zero-order valence-corrected chi connectivity index (χ0v) is 11.9. The minimum Gasteiger partial charge on any atom is -0.444 e. The number of anilines is 1. The maximum Gasteiger partial charge on any atom is 0.493 e. The number of rotatable bonds is 2. The van der Waals surface area contributed by atoms with Crippen molar-refractivity contribution in [1.82, 2.24) is 4.98 Å². The molecule has 0 unspecified atom stereocenters. The Morgan fingerprint density at radius 2 is 2.11 bits per heavy atom. The van der Waals surface area contributed by atoms with E-state index in [9.17, 15) is 14.8 Å². The molecule has 0 radical (unpaired) electrons. The molecule has 1 amide bonds. The van der Waals surface area contributed by atoms with Gasteiger partial charge in [-0.2, -0.15) is 0 Å². The number of nitrogens with zero attached hydrogens (tertiary/aromatic N) is 1. The van der Waals surface area contributed by atoms with Crippen molar-refractivity contribution in [3.05, 3.63) is 16.7 Å². The van der Waals surface area contributed by atoms with E-state index in [1.165, 1.54) is 12.3 Å². The highest BCUT2D eigenvalue weighted by atomic mass is 79.9. The van der Waals surface area contributed by atoms with Crippen LogP contribution in [0, 0.1) is 0 Å². The molecule has 0 aliphatic rings. The molecule has 0 bridgehead atoms. The van der Waals surface area contributed by atoms with Crippen LogP contribution in [0.15, 0.2) is 16.7 Å². The first kappa shape index (κ1) is 14.9. The van der Waals surface area contributed by atoms with Gasteiger partial charge in [0.15, 0.2) is 0 Å². The molecule has 0 aliphatic carbocycles. The molecule has 98 valence electrons. The number of hydrogen-bond donors (Lipinski definition) is 3. The van der Waals surface area contributed by atoms with Gasteiger partial charge in [-0.05, 0) is 26.8 Å². The lowest BCUT2D eigenvalue weighted by molar-refractivity contribution is 0.0635. The first-order valence-corrected chi connectivity index (χ1v) is 6.00. The van der Waals surface area contributed by atoms with Crippen molar-refractivity contribution in [2.24, 2.45) is 0 Å². The highest BCUT2D eigenvalue weighted by Gasteiger charge is 2.23. The standard InChI is InChI=1S/C10H14BBrN2O4/c1-10(2,3)18-9(15)14-8-7(11(16)17)6(12)4-5-13-8/h4-5,16-17H,1-3H3,(H,13,14,15). The van der Waals surface area contributed by atoms with Crippen molar-refractivity contribution in [2.75, 3.05) is 5.32 Å². The summed E-state index contributed by atoms with van der Waals surface area (Å²) in [6.07, 6.45) is 0.706. The number of carbonyl (C=O) groups excluding carboxylic acids is 1. The Balaban J connectivity index is 2.91. The van der Waals surface area contributed by atoms with Gasteiger partial charge in [-0.15, -0.1) is 0 Å². The maximum absolute atomic E-state index is 11.6. The van der Waals surface area contributed by atoms with Gasteiger partial charge >= 0.3 is 13.2 Å². The zero-order chi connectivity index (χ0) is 13.9. The van der Waals surface area contributed by atoms with Crippen LogP contribution in [0.25, 0.3) is 0 Å². The van der Waals surface area contributed by atoms with Gasteiger partial charge in [0, 0.05) is 16.1 Å². The largest absolute Gasteiger partial charge is 0.493 e. The third kappa shape index (κ3) is 4.28. The summed E-state index contributed by atoms with van der Waals surface area (Å²) in [5, 5.41) is 20.8. The smallest absolute Gasteiger partial charge is 0.444 e. The molecule has 0 saturated carbocycles. The predicted molar refractivity (Wildman–Crippen MR) is 71.6 cm³/mol. The first-order valence-electron chi connectivity index (χ1n) is 5.21. The second kappa shape index (κ2) is 5.68. The minimum absolute atomic E-state index is 0.0358. The number of hydrogen-bond acceptors (Lipinski definition) is 5. The van der Waals surface area contributed by atoms with Crippen LogP contribution in [0.5, 0.6) is 0 Å². The summed E-state index contributed by atoms with van der Waals surface area (Å²) in [6.45, 7) is 5.17. The Bertz CT molecular complexity index is 448. The van der Waals surface area contributed by atoms with Crippen LogP contribution in [-0.4, -0.2) is 33.8 Å².